The van der Waals surface area contributed by atoms with Gasteiger partial charge in [0, 0.05) is 19.1 Å². The lowest BCUT2D eigenvalue weighted by atomic mass is 10.1. The Morgan fingerprint density at radius 3 is 3.32 bits per heavy atom. The van der Waals surface area contributed by atoms with Crippen molar-refractivity contribution in [3.05, 3.63) is 30.1 Å². The molecule has 19 heavy (non-hydrogen) atoms. The van der Waals surface area contributed by atoms with E-state index in [2.05, 4.69) is 38.8 Å². The fraction of sp³-hybridized carbons (Fsp3) is 0.500. The van der Waals surface area contributed by atoms with Gasteiger partial charge in [-0.1, -0.05) is 6.07 Å². The van der Waals surface area contributed by atoms with Crippen molar-refractivity contribution < 1.29 is 4.74 Å². The Morgan fingerprint density at radius 1 is 1.42 bits per heavy atom. The van der Waals surface area contributed by atoms with E-state index in [1.165, 1.54) is 5.56 Å². The summed E-state index contributed by atoms with van der Waals surface area (Å²) in [6.45, 7) is 4.56. The van der Waals surface area contributed by atoms with E-state index in [1.807, 2.05) is 0 Å². The Hall–Kier alpha value is -1.43. The van der Waals surface area contributed by atoms with Crippen LogP contribution < -0.4 is 10.6 Å². The molecular formula is C14H20N4O. The number of hydrogen-bond donors (Lipinski definition) is 3. The van der Waals surface area contributed by atoms with E-state index < -0.39 is 0 Å². The van der Waals surface area contributed by atoms with Crippen LogP contribution in [0.1, 0.15) is 5.56 Å². The van der Waals surface area contributed by atoms with E-state index in [-0.39, 0.29) is 0 Å². The Labute approximate surface area is 112 Å². The predicted octanol–water partition coefficient (Wildman–Crippen LogP) is 0.683. The van der Waals surface area contributed by atoms with Gasteiger partial charge in [-0.15, -0.1) is 0 Å². The molecule has 1 aromatic carbocycles. The number of H-pyrrole nitrogens is 1. The summed E-state index contributed by atoms with van der Waals surface area (Å²) in [5.41, 5.74) is 3.47. The van der Waals surface area contributed by atoms with E-state index in [0.29, 0.717) is 6.04 Å². The zero-order valence-corrected chi connectivity index (χ0v) is 11.0. The molecule has 1 atom stereocenters. The molecular weight excluding hydrogens is 240 g/mol. The fourth-order valence-corrected chi connectivity index (χ4v) is 2.40. The van der Waals surface area contributed by atoms with Crippen molar-refractivity contribution in [2.75, 3.05) is 32.8 Å². The van der Waals surface area contributed by atoms with Gasteiger partial charge in [-0.05, 0) is 30.7 Å². The molecule has 2 aromatic rings. The van der Waals surface area contributed by atoms with Crippen molar-refractivity contribution in [3.8, 4) is 0 Å². The lowest BCUT2D eigenvalue weighted by Gasteiger charge is -2.24. The normalized spacial score (nSPS) is 19.9. The molecule has 3 N–H and O–H groups in total. The summed E-state index contributed by atoms with van der Waals surface area (Å²) < 4.78 is 5.42. The first kappa shape index (κ1) is 12.6. The SMILES string of the molecule is c1nc2ccc(CCNCC3COCCN3)cc2[nH]1. The third-order valence-corrected chi connectivity index (χ3v) is 3.46. The van der Waals surface area contributed by atoms with Crippen molar-refractivity contribution in [1.29, 1.82) is 0 Å². The maximum Gasteiger partial charge on any atom is 0.0931 e. The summed E-state index contributed by atoms with van der Waals surface area (Å²) >= 11 is 0. The number of aromatic nitrogens is 2. The summed E-state index contributed by atoms with van der Waals surface area (Å²) in [6.07, 6.45) is 2.77. The lowest BCUT2D eigenvalue weighted by molar-refractivity contribution is 0.0768. The molecule has 0 spiro atoms. The molecule has 1 saturated heterocycles. The maximum atomic E-state index is 5.42. The molecule has 5 nitrogen and oxygen atoms in total. The van der Waals surface area contributed by atoms with Crippen molar-refractivity contribution in [1.82, 2.24) is 20.6 Å². The van der Waals surface area contributed by atoms with Crippen LogP contribution in [0.3, 0.4) is 0 Å². The summed E-state index contributed by atoms with van der Waals surface area (Å²) in [5, 5.41) is 6.91. The summed E-state index contributed by atoms with van der Waals surface area (Å²) in [5.74, 6) is 0. The van der Waals surface area contributed by atoms with Crippen molar-refractivity contribution >= 4 is 11.0 Å². The van der Waals surface area contributed by atoms with Gasteiger partial charge < -0.3 is 20.4 Å². The molecule has 0 amide bonds. The van der Waals surface area contributed by atoms with E-state index in [0.717, 1.165) is 50.3 Å². The third kappa shape index (κ3) is 3.32. The summed E-state index contributed by atoms with van der Waals surface area (Å²) in [6, 6.07) is 6.83. The van der Waals surface area contributed by atoms with Crippen LogP contribution in [0.4, 0.5) is 0 Å². The van der Waals surface area contributed by atoms with Gasteiger partial charge in [0.1, 0.15) is 0 Å². The highest BCUT2D eigenvalue weighted by atomic mass is 16.5. The zero-order valence-electron chi connectivity index (χ0n) is 11.0. The van der Waals surface area contributed by atoms with E-state index >= 15 is 0 Å². The standard InChI is InChI=1S/C14H20N4O/c1-2-13-14(18-10-17-13)7-11(1)3-4-15-8-12-9-19-6-5-16-12/h1-2,7,10,12,15-16H,3-6,8-9H2,(H,17,18). The highest BCUT2D eigenvalue weighted by molar-refractivity contribution is 5.75. The lowest BCUT2D eigenvalue weighted by Crippen LogP contribution is -2.47. The fourth-order valence-electron chi connectivity index (χ4n) is 2.40. The second kappa shape index (κ2) is 6.14. The van der Waals surface area contributed by atoms with Crippen LogP contribution in [0.25, 0.3) is 11.0 Å². The first-order valence-electron chi connectivity index (χ1n) is 6.86. The van der Waals surface area contributed by atoms with Crippen LogP contribution in [0.15, 0.2) is 24.5 Å². The van der Waals surface area contributed by atoms with Gasteiger partial charge in [0.15, 0.2) is 0 Å². The van der Waals surface area contributed by atoms with E-state index in [4.69, 9.17) is 4.74 Å². The van der Waals surface area contributed by atoms with Crippen LogP contribution in [-0.2, 0) is 11.2 Å². The number of benzene rings is 1. The molecule has 0 radical (unpaired) electrons. The summed E-state index contributed by atoms with van der Waals surface area (Å²) in [7, 11) is 0. The largest absolute Gasteiger partial charge is 0.378 e. The smallest absolute Gasteiger partial charge is 0.0931 e. The van der Waals surface area contributed by atoms with Crippen LogP contribution >= 0.6 is 0 Å². The van der Waals surface area contributed by atoms with Crippen molar-refractivity contribution in [3.63, 3.8) is 0 Å². The van der Waals surface area contributed by atoms with Crippen LogP contribution in [0, 0.1) is 0 Å². The Bertz CT molecular complexity index is 519. The van der Waals surface area contributed by atoms with Gasteiger partial charge >= 0.3 is 0 Å². The number of ether oxygens (including phenoxy) is 1. The highest BCUT2D eigenvalue weighted by Gasteiger charge is 2.11. The molecule has 3 rings (SSSR count). The second-order valence-corrected chi connectivity index (χ2v) is 4.93. The number of nitrogens with zero attached hydrogens (tertiary/aromatic N) is 1. The number of rotatable bonds is 5. The molecule has 1 fully saturated rings. The molecule has 1 aromatic heterocycles. The molecule has 0 aliphatic carbocycles. The van der Waals surface area contributed by atoms with Gasteiger partial charge in [0.05, 0.1) is 30.6 Å². The van der Waals surface area contributed by atoms with E-state index in [9.17, 15) is 0 Å². The van der Waals surface area contributed by atoms with Gasteiger partial charge in [0.25, 0.3) is 0 Å². The van der Waals surface area contributed by atoms with Gasteiger partial charge in [-0.2, -0.15) is 0 Å². The Kier molecular flexibility index (Phi) is 4.07. The molecule has 0 bridgehead atoms. The average Bonchev–Trinajstić information content (AvgIpc) is 2.92. The monoisotopic (exact) mass is 260 g/mol. The van der Waals surface area contributed by atoms with Gasteiger partial charge in [-0.3, -0.25) is 0 Å². The first-order valence-corrected chi connectivity index (χ1v) is 6.86. The zero-order chi connectivity index (χ0) is 12.9. The average molecular weight is 260 g/mol. The molecule has 1 aliphatic rings. The number of imidazole rings is 1. The first-order chi connectivity index (χ1) is 9.42. The molecule has 5 heteroatoms. The minimum atomic E-state index is 0.448. The predicted molar refractivity (Wildman–Crippen MR) is 75.3 cm³/mol. The molecule has 1 unspecified atom stereocenters. The van der Waals surface area contributed by atoms with Crippen molar-refractivity contribution in [2.24, 2.45) is 0 Å². The molecule has 102 valence electrons. The summed E-state index contributed by atoms with van der Waals surface area (Å²) in [4.78, 5) is 7.37. The minimum absolute atomic E-state index is 0.448. The number of morpholine rings is 1. The number of fused-ring (bicyclic) bond motifs is 1. The number of nitrogens with one attached hydrogen (secondary N) is 3. The molecule has 0 saturated carbocycles. The third-order valence-electron chi connectivity index (χ3n) is 3.46. The second-order valence-electron chi connectivity index (χ2n) is 4.93. The quantitative estimate of drug-likeness (QED) is 0.692. The van der Waals surface area contributed by atoms with Crippen LogP contribution in [0.2, 0.25) is 0 Å². The minimum Gasteiger partial charge on any atom is -0.378 e. The number of hydrogen-bond acceptors (Lipinski definition) is 4. The van der Waals surface area contributed by atoms with Gasteiger partial charge in [-0.25, -0.2) is 4.98 Å². The van der Waals surface area contributed by atoms with Crippen LogP contribution in [-0.4, -0.2) is 48.9 Å². The topological polar surface area (TPSA) is 62.0 Å². The van der Waals surface area contributed by atoms with Crippen LogP contribution in [0.5, 0.6) is 0 Å². The maximum absolute atomic E-state index is 5.42. The molecule has 1 aliphatic heterocycles. The molecule has 2 heterocycles. The number of aromatic amines is 1. The van der Waals surface area contributed by atoms with Gasteiger partial charge in [0.2, 0.25) is 0 Å². The Morgan fingerprint density at radius 2 is 2.42 bits per heavy atom. The van der Waals surface area contributed by atoms with E-state index in [1.54, 1.807) is 6.33 Å². The van der Waals surface area contributed by atoms with Crippen molar-refractivity contribution in [2.45, 2.75) is 12.5 Å². The Balaban J connectivity index is 1.43. The highest BCUT2D eigenvalue weighted by Crippen LogP contribution is 2.11.